The van der Waals surface area contributed by atoms with Gasteiger partial charge in [0.1, 0.15) is 15.5 Å². The number of aromatic nitrogens is 2. The number of anilines is 2. The van der Waals surface area contributed by atoms with Crippen molar-refractivity contribution in [2.75, 3.05) is 50.0 Å². The highest BCUT2D eigenvalue weighted by molar-refractivity contribution is 6.33. The number of nitrogens with one attached hydrogen (secondary N) is 4. The molecule has 240 valence electrons. The number of nitrogens with zero attached hydrogens (tertiary/aromatic N) is 2. The van der Waals surface area contributed by atoms with Crippen LogP contribution in [0.1, 0.15) is 49.7 Å². The van der Waals surface area contributed by atoms with E-state index in [-0.39, 0.29) is 34.3 Å². The Morgan fingerprint density at radius 1 is 0.674 bits per heavy atom. The first-order chi connectivity index (χ1) is 22.2. The van der Waals surface area contributed by atoms with Gasteiger partial charge in [-0.1, -0.05) is 59.1 Å². The molecule has 13 heteroatoms. The van der Waals surface area contributed by atoms with Crippen molar-refractivity contribution in [2.24, 2.45) is 0 Å². The summed E-state index contributed by atoms with van der Waals surface area (Å²) >= 11 is 17.5. The van der Waals surface area contributed by atoms with Crippen LogP contribution in [0.3, 0.4) is 0 Å². The van der Waals surface area contributed by atoms with Crippen molar-refractivity contribution >= 4 is 58.0 Å². The molecule has 0 radical (unpaired) electrons. The lowest BCUT2D eigenvalue weighted by Crippen LogP contribution is -2.33. The number of morpholine rings is 2. The van der Waals surface area contributed by atoms with Crippen molar-refractivity contribution < 1.29 is 19.1 Å². The Bertz CT molecular complexity index is 1480. The molecule has 2 aliphatic rings. The third kappa shape index (κ3) is 9.70. The minimum absolute atomic E-state index is 0.0475. The zero-order valence-corrected chi connectivity index (χ0v) is 27.3. The predicted molar refractivity (Wildman–Crippen MR) is 180 cm³/mol. The lowest BCUT2D eigenvalue weighted by Gasteiger charge is -2.24. The average Bonchev–Trinajstić information content (AvgIpc) is 3.06. The number of rotatable bonds is 6. The largest absolute Gasteiger partial charge is 0.371 e. The van der Waals surface area contributed by atoms with E-state index in [2.05, 4.69) is 31.2 Å². The van der Waals surface area contributed by atoms with Crippen molar-refractivity contribution in [1.82, 2.24) is 20.6 Å². The Hall–Kier alpha value is -3.61. The molecular weight excluding hydrogens is 651 g/mol. The van der Waals surface area contributed by atoms with E-state index in [1.54, 1.807) is 19.1 Å². The van der Waals surface area contributed by atoms with Crippen molar-refractivity contribution in [2.45, 2.75) is 19.1 Å². The van der Waals surface area contributed by atoms with Crippen LogP contribution in [0, 0.1) is 6.92 Å². The van der Waals surface area contributed by atoms with Crippen LogP contribution in [-0.2, 0) is 9.47 Å². The Morgan fingerprint density at radius 2 is 1.09 bits per heavy atom. The lowest BCUT2D eigenvalue weighted by atomic mass is 10.1. The van der Waals surface area contributed by atoms with Gasteiger partial charge >= 0.3 is 0 Å². The molecule has 2 aromatic heterocycles. The molecule has 0 spiro atoms. The maximum absolute atomic E-state index is 12.3. The molecule has 4 aromatic rings. The molecule has 0 saturated carbocycles. The van der Waals surface area contributed by atoms with Gasteiger partial charge in [0.15, 0.2) is 0 Å². The fourth-order valence-corrected chi connectivity index (χ4v) is 5.59. The lowest BCUT2D eigenvalue weighted by molar-refractivity contribution is 0.0276. The summed E-state index contributed by atoms with van der Waals surface area (Å²) < 4.78 is 11.4. The Balaban J connectivity index is 0.000000181. The second kappa shape index (κ2) is 16.3. The second-order valence-corrected chi connectivity index (χ2v) is 11.8. The number of benzene rings is 2. The Labute approximate surface area is 282 Å². The molecule has 2 amide bonds. The third-order valence-electron chi connectivity index (χ3n) is 7.15. The van der Waals surface area contributed by atoms with Gasteiger partial charge < -0.3 is 30.7 Å². The monoisotopic (exact) mass is 682 g/mol. The zero-order valence-electron chi connectivity index (χ0n) is 25.0. The molecule has 0 aliphatic carbocycles. The molecule has 2 atom stereocenters. The molecule has 2 saturated heterocycles. The SMILES string of the molecule is Cc1cc(C(=O)Nc2ccc(C3CNCCO3)cc2)cc(Cl)n1.O=C(Nc1ccc([C@H]2CNCCO2)cc1)c1cc(Cl)nc(Cl)c1. The third-order valence-corrected chi connectivity index (χ3v) is 7.73. The number of pyridine rings is 2. The van der Waals surface area contributed by atoms with Gasteiger partial charge in [0.05, 0.1) is 25.4 Å². The van der Waals surface area contributed by atoms with Crippen LogP contribution in [-0.4, -0.2) is 61.2 Å². The molecule has 10 nitrogen and oxygen atoms in total. The van der Waals surface area contributed by atoms with Crippen LogP contribution in [0.4, 0.5) is 11.4 Å². The van der Waals surface area contributed by atoms with Gasteiger partial charge in [0, 0.05) is 54.4 Å². The molecule has 2 aliphatic heterocycles. The number of aryl methyl sites for hydroxylation is 1. The quantitative estimate of drug-likeness (QED) is 0.176. The van der Waals surface area contributed by atoms with Gasteiger partial charge in [-0.25, -0.2) is 9.97 Å². The molecule has 4 N–H and O–H groups in total. The van der Waals surface area contributed by atoms with Crippen molar-refractivity contribution in [1.29, 1.82) is 0 Å². The van der Waals surface area contributed by atoms with E-state index in [4.69, 9.17) is 44.3 Å². The first kappa shape index (κ1) is 33.7. The summed E-state index contributed by atoms with van der Waals surface area (Å²) in [4.78, 5) is 32.4. The van der Waals surface area contributed by atoms with E-state index in [1.165, 1.54) is 12.1 Å². The van der Waals surface area contributed by atoms with Gasteiger partial charge in [-0.15, -0.1) is 0 Å². The summed E-state index contributed by atoms with van der Waals surface area (Å²) in [5.41, 5.74) is 5.15. The summed E-state index contributed by atoms with van der Waals surface area (Å²) in [6, 6.07) is 21.5. The van der Waals surface area contributed by atoms with Gasteiger partial charge in [-0.3, -0.25) is 9.59 Å². The molecule has 46 heavy (non-hydrogen) atoms. The number of ether oxygens (including phenoxy) is 2. The highest BCUT2D eigenvalue weighted by Gasteiger charge is 2.17. The van der Waals surface area contributed by atoms with E-state index >= 15 is 0 Å². The average molecular weight is 684 g/mol. The van der Waals surface area contributed by atoms with Crippen molar-refractivity contribution in [3.8, 4) is 0 Å². The fraction of sp³-hybridized carbons (Fsp3) is 0.273. The molecule has 4 heterocycles. The Kier molecular flexibility index (Phi) is 11.9. The predicted octanol–water partition coefficient (Wildman–Crippen LogP) is 6.26. The second-order valence-electron chi connectivity index (χ2n) is 10.6. The van der Waals surface area contributed by atoms with Gasteiger partial charge in [-0.05, 0) is 66.6 Å². The van der Waals surface area contributed by atoms with Crippen molar-refractivity contribution in [3.05, 3.63) is 116 Å². The van der Waals surface area contributed by atoms with Crippen LogP contribution >= 0.6 is 34.8 Å². The first-order valence-corrected chi connectivity index (χ1v) is 15.8. The maximum Gasteiger partial charge on any atom is 0.255 e. The summed E-state index contributed by atoms with van der Waals surface area (Å²) in [7, 11) is 0. The van der Waals surface area contributed by atoms with Gasteiger partial charge in [-0.2, -0.15) is 0 Å². The summed E-state index contributed by atoms with van der Waals surface area (Å²) in [6.45, 7) is 6.58. The van der Waals surface area contributed by atoms with Crippen LogP contribution < -0.4 is 21.3 Å². The number of hydrogen-bond donors (Lipinski definition) is 4. The topological polar surface area (TPSA) is 126 Å². The van der Waals surface area contributed by atoms with E-state index < -0.39 is 0 Å². The highest BCUT2D eigenvalue weighted by Crippen LogP contribution is 2.23. The Morgan fingerprint density at radius 3 is 1.48 bits per heavy atom. The summed E-state index contributed by atoms with van der Waals surface area (Å²) in [5.74, 6) is -0.500. The van der Waals surface area contributed by atoms with E-state index in [0.717, 1.165) is 43.0 Å². The van der Waals surface area contributed by atoms with Crippen LogP contribution in [0.15, 0.2) is 72.8 Å². The minimum atomic E-state index is -0.292. The fourth-order valence-electron chi connectivity index (χ4n) is 4.88. The summed E-state index contributed by atoms with van der Waals surface area (Å²) in [5, 5.41) is 12.9. The van der Waals surface area contributed by atoms with E-state index in [1.807, 2.05) is 48.5 Å². The summed E-state index contributed by atoms with van der Waals surface area (Å²) in [6.07, 6.45) is 0.112. The normalized spacial score (nSPS) is 17.7. The molecule has 1 unspecified atom stereocenters. The smallest absolute Gasteiger partial charge is 0.255 e. The standard InChI is InChI=1S/C17H18ClN3O2.C16H15Cl2N3O2/c1-11-8-13(9-16(18)20-11)17(22)21-14-4-2-12(3-5-14)15-10-19-6-7-23-15;17-14-7-11(8-15(18)21-14)16(22)20-12-3-1-10(2-4-12)13-9-19-5-6-23-13/h2-5,8-9,15,19H,6-7,10H2,1H3,(H,21,22);1-4,7-8,13,19H,5-6,9H2,(H,20,22)/t;13-/m.1/s1. The number of halogens is 3. The maximum atomic E-state index is 12.3. The number of carbonyl (C=O) groups is 2. The first-order valence-electron chi connectivity index (χ1n) is 14.7. The molecular formula is C33H33Cl3N6O4. The molecule has 0 bridgehead atoms. The number of carbonyl (C=O) groups excluding carboxylic acids is 2. The van der Waals surface area contributed by atoms with E-state index in [9.17, 15) is 9.59 Å². The van der Waals surface area contributed by atoms with Crippen LogP contribution in [0.25, 0.3) is 0 Å². The molecule has 6 rings (SSSR count). The highest BCUT2D eigenvalue weighted by atomic mass is 35.5. The van der Waals surface area contributed by atoms with Crippen molar-refractivity contribution in [3.63, 3.8) is 0 Å². The van der Waals surface area contributed by atoms with Gasteiger partial charge in [0.2, 0.25) is 0 Å². The zero-order chi connectivity index (χ0) is 32.5. The van der Waals surface area contributed by atoms with Crippen LogP contribution in [0.5, 0.6) is 0 Å². The minimum Gasteiger partial charge on any atom is -0.371 e. The number of amides is 2. The van der Waals surface area contributed by atoms with Gasteiger partial charge in [0.25, 0.3) is 11.8 Å². The molecule has 2 fully saturated rings. The molecule has 2 aromatic carbocycles. The van der Waals surface area contributed by atoms with Crippen LogP contribution in [0.2, 0.25) is 15.5 Å². The number of hydrogen-bond acceptors (Lipinski definition) is 8. The van der Waals surface area contributed by atoms with E-state index in [0.29, 0.717) is 40.9 Å².